The Morgan fingerprint density at radius 3 is 2.00 bits per heavy atom. The van der Waals surface area contributed by atoms with Crippen LogP contribution in [-0.2, 0) is 0 Å². The van der Waals surface area contributed by atoms with E-state index in [2.05, 4.69) is 23.8 Å². The zero-order valence-corrected chi connectivity index (χ0v) is 9.45. The Morgan fingerprint density at radius 1 is 0.929 bits per heavy atom. The maximum Gasteiger partial charge on any atom is 0.0350 e. The summed E-state index contributed by atoms with van der Waals surface area (Å²) in [5.74, 6) is 3.11. The Bertz CT molecular complexity index is 208. The summed E-state index contributed by atoms with van der Waals surface area (Å²) in [6.07, 6.45) is 3.01. The summed E-state index contributed by atoms with van der Waals surface area (Å²) in [6, 6.07) is 0.904. The first-order valence-corrected chi connectivity index (χ1v) is 6.15. The summed E-state index contributed by atoms with van der Waals surface area (Å²) in [7, 11) is 2.23. The van der Waals surface area contributed by atoms with Crippen LogP contribution in [0.3, 0.4) is 0 Å². The lowest BCUT2D eigenvalue weighted by Crippen LogP contribution is -2.57. The zero-order valence-electron chi connectivity index (χ0n) is 9.45. The van der Waals surface area contributed by atoms with Gasteiger partial charge in [0.25, 0.3) is 0 Å². The average molecular weight is 194 g/mol. The molecule has 0 aromatic rings. The van der Waals surface area contributed by atoms with Gasteiger partial charge in [0.15, 0.2) is 0 Å². The van der Waals surface area contributed by atoms with Crippen molar-refractivity contribution < 1.29 is 0 Å². The maximum atomic E-state index is 2.77. The number of likely N-dealkylation sites (N-methyl/N-ethyl adjacent to an activating group) is 1. The van der Waals surface area contributed by atoms with Crippen molar-refractivity contribution in [1.29, 1.82) is 0 Å². The van der Waals surface area contributed by atoms with E-state index in [-0.39, 0.29) is 0 Å². The summed E-state index contributed by atoms with van der Waals surface area (Å²) in [5.41, 5.74) is 0. The van der Waals surface area contributed by atoms with Gasteiger partial charge in [-0.2, -0.15) is 0 Å². The van der Waals surface area contributed by atoms with Gasteiger partial charge in [-0.25, -0.2) is 0 Å². The number of fused-ring (bicyclic) bond motifs is 1. The third kappa shape index (κ3) is 1.40. The molecule has 1 aliphatic carbocycles. The normalized spacial score (nSPS) is 45.4. The molecule has 1 saturated carbocycles. The Labute approximate surface area is 87.3 Å². The minimum atomic E-state index is 0.904. The van der Waals surface area contributed by atoms with Crippen LogP contribution in [0.2, 0.25) is 0 Å². The highest BCUT2D eigenvalue weighted by Gasteiger charge is 2.43. The first-order chi connectivity index (χ1) is 6.72. The van der Waals surface area contributed by atoms with Gasteiger partial charge in [0, 0.05) is 32.2 Å². The molecule has 2 saturated heterocycles. The lowest BCUT2D eigenvalue weighted by atomic mass is 10.0. The zero-order chi connectivity index (χ0) is 9.71. The third-order valence-corrected chi connectivity index (χ3v) is 4.58. The van der Waals surface area contributed by atoms with Crippen molar-refractivity contribution in [3.05, 3.63) is 0 Å². The molecule has 2 heteroatoms. The molecule has 3 fully saturated rings. The second-order valence-electron chi connectivity index (χ2n) is 5.93. The van der Waals surface area contributed by atoms with Gasteiger partial charge in [-0.3, -0.25) is 4.90 Å². The highest BCUT2D eigenvalue weighted by molar-refractivity contribution is 4.96. The summed E-state index contributed by atoms with van der Waals surface area (Å²) in [4.78, 5) is 5.20. The van der Waals surface area contributed by atoms with Crippen LogP contribution in [0.1, 0.15) is 19.8 Å². The highest BCUT2D eigenvalue weighted by Crippen LogP contribution is 2.42. The highest BCUT2D eigenvalue weighted by atomic mass is 15.3. The Morgan fingerprint density at radius 2 is 1.50 bits per heavy atom. The molecule has 2 nitrogen and oxygen atoms in total. The Hall–Kier alpha value is -0.0800. The molecule has 0 bridgehead atoms. The van der Waals surface area contributed by atoms with Crippen molar-refractivity contribution >= 4 is 0 Å². The van der Waals surface area contributed by atoms with Crippen LogP contribution in [0, 0.1) is 17.8 Å². The van der Waals surface area contributed by atoms with Crippen molar-refractivity contribution in [3.63, 3.8) is 0 Å². The summed E-state index contributed by atoms with van der Waals surface area (Å²) in [5, 5.41) is 0. The second kappa shape index (κ2) is 3.21. The van der Waals surface area contributed by atoms with Crippen LogP contribution < -0.4 is 0 Å². The molecule has 0 amide bonds. The summed E-state index contributed by atoms with van der Waals surface area (Å²) < 4.78 is 0. The fourth-order valence-electron chi connectivity index (χ4n) is 3.83. The van der Waals surface area contributed by atoms with Crippen LogP contribution in [0.15, 0.2) is 0 Å². The molecule has 0 spiro atoms. The first-order valence-electron chi connectivity index (χ1n) is 6.15. The number of nitrogens with zero attached hydrogens (tertiary/aromatic N) is 2. The molecular weight excluding hydrogens is 172 g/mol. The minimum Gasteiger partial charge on any atom is -0.303 e. The van der Waals surface area contributed by atoms with Crippen molar-refractivity contribution in [2.45, 2.75) is 25.8 Å². The van der Waals surface area contributed by atoms with Gasteiger partial charge in [-0.1, -0.05) is 6.92 Å². The number of hydrogen-bond acceptors (Lipinski definition) is 2. The molecule has 2 atom stereocenters. The number of hydrogen-bond donors (Lipinski definition) is 0. The molecule has 3 aliphatic rings. The molecule has 0 radical (unpaired) electrons. The lowest BCUT2D eigenvalue weighted by Gasteiger charge is -2.42. The minimum absolute atomic E-state index is 0.904. The lowest BCUT2D eigenvalue weighted by molar-refractivity contribution is 0.0627. The van der Waals surface area contributed by atoms with E-state index in [0.717, 1.165) is 23.8 Å². The van der Waals surface area contributed by atoms with Crippen LogP contribution in [0.5, 0.6) is 0 Å². The van der Waals surface area contributed by atoms with Crippen molar-refractivity contribution in [1.82, 2.24) is 9.80 Å². The largest absolute Gasteiger partial charge is 0.303 e. The van der Waals surface area contributed by atoms with Gasteiger partial charge >= 0.3 is 0 Å². The topological polar surface area (TPSA) is 6.48 Å². The smallest absolute Gasteiger partial charge is 0.0350 e. The summed E-state index contributed by atoms with van der Waals surface area (Å²) in [6.45, 7) is 7.88. The van der Waals surface area contributed by atoms with Gasteiger partial charge in [-0.15, -0.1) is 0 Å². The van der Waals surface area contributed by atoms with E-state index in [9.17, 15) is 0 Å². The third-order valence-electron chi connectivity index (χ3n) is 4.58. The van der Waals surface area contributed by atoms with Crippen LogP contribution in [0.4, 0.5) is 0 Å². The van der Waals surface area contributed by atoms with Crippen molar-refractivity contribution in [2.75, 3.05) is 33.2 Å². The number of likely N-dealkylation sites (tertiary alicyclic amines) is 2. The molecule has 2 heterocycles. The molecular formula is C12H22N2. The van der Waals surface area contributed by atoms with Gasteiger partial charge in [-0.05, 0) is 37.6 Å². The van der Waals surface area contributed by atoms with E-state index in [1.165, 1.54) is 39.0 Å². The van der Waals surface area contributed by atoms with Crippen molar-refractivity contribution in [3.8, 4) is 0 Å². The van der Waals surface area contributed by atoms with Gasteiger partial charge in [0.05, 0.1) is 0 Å². The first kappa shape index (κ1) is 9.17. The predicted molar refractivity (Wildman–Crippen MR) is 58.2 cm³/mol. The molecule has 0 aromatic heterocycles. The monoisotopic (exact) mass is 194 g/mol. The van der Waals surface area contributed by atoms with Gasteiger partial charge in [0.1, 0.15) is 0 Å². The molecule has 2 unspecified atom stereocenters. The van der Waals surface area contributed by atoms with E-state index in [1.54, 1.807) is 0 Å². The number of rotatable bonds is 1. The molecule has 14 heavy (non-hydrogen) atoms. The van der Waals surface area contributed by atoms with Crippen LogP contribution >= 0.6 is 0 Å². The van der Waals surface area contributed by atoms with E-state index < -0.39 is 0 Å². The van der Waals surface area contributed by atoms with E-state index in [0.29, 0.717) is 0 Å². The van der Waals surface area contributed by atoms with Crippen LogP contribution in [-0.4, -0.2) is 49.1 Å². The average Bonchev–Trinajstić information content (AvgIpc) is 2.54. The molecule has 2 aliphatic heterocycles. The fourth-order valence-corrected chi connectivity index (χ4v) is 3.83. The molecule has 0 N–H and O–H groups in total. The SMILES string of the molecule is CC1CC2CN(C3CN(C)C3)CC2C1. The standard InChI is InChI=1S/C12H22N2/c1-9-3-10-5-14(6-11(10)4-9)12-7-13(2)8-12/h9-12H,3-8H2,1-2H3. The summed E-state index contributed by atoms with van der Waals surface area (Å²) >= 11 is 0. The quantitative estimate of drug-likeness (QED) is 0.620. The Kier molecular flexibility index (Phi) is 2.10. The second-order valence-corrected chi connectivity index (χ2v) is 5.93. The van der Waals surface area contributed by atoms with E-state index >= 15 is 0 Å². The molecule has 0 aromatic carbocycles. The van der Waals surface area contributed by atoms with E-state index in [1.807, 2.05) is 0 Å². The van der Waals surface area contributed by atoms with Gasteiger partial charge in [0.2, 0.25) is 0 Å². The Balaban J connectivity index is 1.57. The van der Waals surface area contributed by atoms with E-state index in [4.69, 9.17) is 0 Å². The predicted octanol–water partition coefficient (Wildman–Crippen LogP) is 1.28. The fraction of sp³-hybridized carbons (Fsp3) is 1.00. The molecule has 3 rings (SSSR count). The van der Waals surface area contributed by atoms with Gasteiger partial charge < -0.3 is 4.90 Å². The van der Waals surface area contributed by atoms with Crippen molar-refractivity contribution in [2.24, 2.45) is 17.8 Å². The van der Waals surface area contributed by atoms with Crippen LogP contribution in [0.25, 0.3) is 0 Å². The maximum absolute atomic E-state index is 2.77. The molecule has 80 valence electrons.